The number of hydrogen-bond donors (Lipinski definition) is 0. The standard InChI is InChI=1S/C21H24O5/c1-5-14-21(19(23)25-6-2,20(24)26-7-3)15-10-12-17-11-8-9-13-18(17)16(4)22/h5,8-9,11,13H,1,6-7,14-15H2,2-4H3. The van der Waals surface area contributed by atoms with Crippen LogP contribution in [0.5, 0.6) is 0 Å². The normalized spacial score (nSPS) is 10.3. The SMILES string of the molecule is C=CCC(CC#Cc1ccccc1C(C)=O)(C(=O)OCC)C(=O)OCC. The summed E-state index contributed by atoms with van der Waals surface area (Å²) >= 11 is 0. The molecule has 0 aromatic heterocycles. The van der Waals surface area contributed by atoms with Gasteiger partial charge < -0.3 is 9.47 Å². The first-order valence-electron chi connectivity index (χ1n) is 8.47. The van der Waals surface area contributed by atoms with Crippen molar-refractivity contribution in [1.82, 2.24) is 0 Å². The molecule has 1 rings (SSSR count). The predicted octanol–water partition coefficient (Wildman–Crippen LogP) is 3.32. The van der Waals surface area contributed by atoms with Gasteiger partial charge in [-0.25, -0.2) is 0 Å². The Bertz CT molecular complexity index is 718. The first-order valence-corrected chi connectivity index (χ1v) is 8.47. The molecule has 0 radical (unpaired) electrons. The van der Waals surface area contributed by atoms with E-state index in [1.807, 2.05) is 0 Å². The highest BCUT2D eigenvalue weighted by atomic mass is 16.6. The van der Waals surface area contributed by atoms with Crippen LogP contribution in [-0.4, -0.2) is 30.9 Å². The van der Waals surface area contributed by atoms with Crippen LogP contribution in [0.25, 0.3) is 0 Å². The minimum absolute atomic E-state index is 0.0493. The molecular formula is C21H24O5. The number of carbonyl (C=O) groups excluding carboxylic acids is 3. The number of hydrogen-bond acceptors (Lipinski definition) is 5. The molecule has 5 heteroatoms. The summed E-state index contributed by atoms with van der Waals surface area (Å²) in [6.45, 7) is 8.68. The van der Waals surface area contributed by atoms with Gasteiger partial charge in [-0.05, 0) is 33.3 Å². The molecule has 0 unspecified atom stereocenters. The van der Waals surface area contributed by atoms with Crippen molar-refractivity contribution < 1.29 is 23.9 Å². The highest BCUT2D eigenvalue weighted by molar-refractivity contribution is 6.00. The molecule has 1 aromatic rings. The van der Waals surface area contributed by atoms with E-state index in [9.17, 15) is 14.4 Å². The maximum Gasteiger partial charge on any atom is 0.324 e. The number of benzene rings is 1. The van der Waals surface area contributed by atoms with Crippen LogP contribution in [0.2, 0.25) is 0 Å². The Kier molecular flexibility index (Phi) is 8.30. The Morgan fingerprint density at radius 1 is 1.12 bits per heavy atom. The largest absolute Gasteiger partial charge is 0.465 e. The van der Waals surface area contributed by atoms with Crippen molar-refractivity contribution in [3.05, 3.63) is 48.0 Å². The van der Waals surface area contributed by atoms with Gasteiger partial charge >= 0.3 is 11.9 Å². The molecule has 0 bridgehead atoms. The smallest absolute Gasteiger partial charge is 0.324 e. The zero-order valence-electron chi connectivity index (χ0n) is 15.5. The minimum atomic E-state index is -1.56. The molecule has 0 saturated carbocycles. The molecule has 0 spiro atoms. The Morgan fingerprint density at radius 3 is 2.19 bits per heavy atom. The van der Waals surface area contributed by atoms with Gasteiger partial charge in [-0.15, -0.1) is 6.58 Å². The lowest BCUT2D eigenvalue weighted by atomic mass is 9.81. The number of carbonyl (C=O) groups is 3. The van der Waals surface area contributed by atoms with Gasteiger partial charge in [0.1, 0.15) is 0 Å². The fraction of sp³-hybridized carbons (Fsp3) is 0.381. The van der Waals surface area contributed by atoms with E-state index in [0.717, 1.165) is 0 Å². The van der Waals surface area contributed by atoms with Crippen LogP contribution in [0.3, 0.4) is 0 Å². The molecular weight excluding hydrogens is 332 g/mol. The Labute approximate surface area is 154 Å². The van der Waals surface area contributed by atoms with E-state index < -0.39 is 17.4 Å². The summed E-state index contributed by atoms with van der Waals surface area (Å²) in [6.07, 6.45) is 1.43. The molecule has 0 amide bonds. The maximum atomic E-state index is 12.5. The molecule has 1 aromatic carbocycles. The van der Waals surface area contributed by atoms with Crippen molar-refractivity contribution >= 4 is 17.7 Å². The van der Waals surface area contributed by atoms with Crippen molar-refractivity contribution in [3.8, 4) is 11.8 Å². The number of rotatable bonds is 8. The van der Waals surface area contributed by atoms with Gasteiger partial charge in [0.05, 0.1) is 13.2 Å². The summed E-state index contributed by atoms with van der Waals surface area (Å²) in [5, 5.41) is 0. The summed E-state index contributed by atoms with van der Waals surface area (Å²) in [4.78, 5) is 36.7. The lowest BCUT2D eigenvalue weighted by molar-refractivity contribution is -0.171. The highest BCUT2D eigenvalue weighted by Gasteiger charge is 2.47. The van der Waals surface area contributed by atoms with E-state index in [2.05, 4.69) is 18.4 Å². The second-order valence-electron chi connectivity index (χ2n) is 5.60. The predicted molar refractivity (Wildman–Crippen MR) is 98.5 cm³/mol. The van der Waals surface area contributed by atoms with Crippen molar-refractivity contribution in [2.45, 2.75) is 33.6 Å². The van der Waals surface area contributed by atoms with E-state index in [0.29, 0.717) is 11.1 Å². The first-order chi connectivity index (χ1) is 12.4. The van der Waals surface area contributed by atoms with Gasteiger partial charge in [0.25, 0.3) is 0 Å². The van der Waals surface area contributed by atoms with Crippen molar-refractivity contribution in [3.63, 3.8) is 0 Å². The van der Waals surface area contributed by atoms with Gasteiger partial charge in [-0.1, -0.05) is 36.1 Å². The monoisotopic (exact) mass is 356 g/mol. The molecule has 138 valence electrons. The average Bonchev–Trinajstić information content (AvgIpc) is 2.61. The first kappa shape index (κ1) is 21.2. The zero-order chi connectivity index (χ0) is 19.6. The summed E-state index contributed by atoms with van der Waals surface area (Å²) < 4.78 is 10.2. The summed E-state index contributed by atoms with van der Waals surface area (Å²) in [5.41, 5.74) is -0.534. The quantitative estimate of drug-likeness (QED) is 0.235. The van der Waals surface area contributed by atoms with Crippen LogP contribution < -0.4 is 0 Å². The molecule has 0 saturated heterocycles. The van der Waals surface area contributed by atoms with Crippen LogP contribution in [0.4, 0.5) is 0 Å². The van der Waals surface area contributed by atoms with Crippen LogP contribution in [0, 0.1) is 17.3 Å². The second-order valence-corrected chi connectivity index (χ2v) is 5.60. The van der Waals surface area contributed by atoms with Gasteiger partial charge in [0, 0.05) is 17.5 Å². The van der Waals surface area contributed by atoms with E-state index in [-0.39, 0.29) is 31.8 Å². The summed E-state index contributed by atoms with van der Waals surface area (Å²) in [5.74, 6) is 4.25. The van der Waals surface area contributed by atoms with Gasteiger partial charge in [-0.3, -0.25) is 14.4 Å². The van der Waals surface area contributed by atoms with Gasteiger partial charge in [0.15, 0.2) is 11.2 Å². The van der Waals surface area contributed by atoms with Crippen LogP contribution >= 0.6 is 0 Å². The van der Waals surface area contributed by atoms with E-state index in [1.165, 1.54) is 13.0 Å². The van der Waals surface area contributed by atoms with Gasteiger partial charge in [-0.2, -0.15) is 0 Å². The van der Waals surface area contributed by atoms with Crippen molar-refractivity contribution in [1.29, 1.82) is 0 Å². The highest BCUT2D eigenvalue weighted by Crippen LogP contribution is 2.31. The zero-order valence-corrected chi connectivity index (χ0v) is 15.5. The fourth-order valence-corrected chi connectivity index (χ4v) is 2.44. The van der Waals surface area contributed by atoms with Crippen molar-refractivity contribution in [2.24, 2.45) is 5.41 Å². The Hall–Kier alpha value is -2.87. The molecule has 0 atom stereocenters. The Balaban J connectivity index is 3.26. The van der Waals surface area contributed by atoms with Crippen LogP contribution in [-0.2, 0) is 19.1 Å². The number of allylic oxidation sites excluding steroid dienone is 1. The summed E-state index contributed by atoms with van der Waals surface area (Å²) in [7, 11) is 0. The molecule has 0 aliphatic carbocycles. The summed E-state index contributed by atoms with van der Waals surface area (Å²) in [6, 6.07) is 6.92. The Morgan fingerprint density at radius 2 is 1.69 bits per heavy atom. The minimum Gasteiger partial charge on any atom is -0.465 e. The van der Waals surface area contributed by atoms with E-state index in [4.69, 9.17) is 9.47 Å². The van der Waals surface area contributed by atoms with Gasteiger partial charge in [0.2, 0.25) is 0 Å². The van der Waals surface area contributed by atoms with E-state index in [1.54, 1.807) is 38.1 Å². The topological polar surface area (TPSA) is 69.7 Å². The molecule has 0 aliphatic heterocycles. The fourth-order valence-electron chi connectivity index (χ4n) is 2.44. The van der Waals surface area contributed by atoms with E-state index >= 15 is 0 Å². The molecule has 0 aliphatic rings. The number of ketones is 1. The number of ether oxygens (including phenoxy) is 2. The number of Topliss-reactive ketones (excluding diaryl/α,β-unsaturated/α-hetero) is 1. The number of esters is 2. The molecule has 0 heterocycles. The van der Waals surface area contributed by atoms with Crippen LogP contribution in [0.15, 0.2) is 36.9 Å². The molecule has 0 fully saturated rings. The molecule has 5 nitrogen and oxygen atoms in total. The lowest BCUT2D eigenvalue weighted by Gasteiger charge is -2.26. The second kappa shape index (κ2) is 10.2. The maximum absolute atomic E-state index is 12.5. The molecule has 26 heavy (non-hydrogen) atoms. The third-order valence-electron chi connectivity index (χ3n) is 3.74. The lowest BCUT2D eigenvalue weighted by Crippen LogP contribution is -2.41. The average molecular weight is 356 g/mol. The third-order valence-corrected chi connectivity index (χ3v) is 3.74. The van der Waals surface area contributed by atoms with Crippen molar-refractivity contribution in [2.75, 3.05) is 13.2 Å². The van der Waals surface area contributed by atoms with Crippen LogP contribution in [0.1, 0.15) is 49.5 Å². The third kappa shape index (κ3) is 5.06. The molecule has 0 N–H and O–H groups in total.